The molecule has 3 aromatic heterocycles. The molecule has 0 radical (unpaired) electrons. The fraction of sp³-hybridized carbons (Fsp3) is 0.0857. The van der Waals surface area contributed by atoms with Gasteiger partial charge >= 0.3 is 0 Å². The van der Waals surface area contributed by atoms with Gasteiger partial charge in [-0.15, -0.1) is 11.3 Å². The molecule has 0 N–H and O–H groups in total. The molecule has 2 nitrogen and oxygen atoms in total. The van der Waals surface area contributed by atoms with Gasteiger partial charge in [0.1, 0.15) is 4.83 Å². The van der Waals surface area contributed by atoms with E-state index in [0.717, 1.165) is 6.42 Å². The highest BCUT2D eigenvalue weighted by atomic mass is 32.1. The number of thiophene rings is 1. The van der Waals surface area contributed by atoms with Crippen LogP contribution < -0.4 is 0 Å². The van der Waals surface area contributed by atoms with Crippen molar-refractivity contribution in [1.29, 1.82) is 0 Å². The van der Waals surface area contributed by atoms with E-state index in [1.165, 1.54) is 65.8 Å². The van der Waals surface area contributed by atoms with E-state index in [-0.39, 0.29) is 0 Å². The van der Waals surface area contributed by atoms with Crippen molar-refractivity contribution in [3.63, 3.8) is 0 Å². The standard InChI is InChI=1S/C35H26N2S/c1-23-8-6-15-33-34(23)30-12-3-5-14-32(30)36(33)27-10-7-9-25(22-27)24-16-18-26(19-17-24)37-31-13-4-2-11-28(31)29-20-21-38-35(29)37/h2-7,9-23H,8H2,1H3. The molecular weight excluding hydrogens is 480 g/mol. The van der Waals surface area contributed by atoms with Crippen LogP contribution >= 0.6 is 11.3 Å². The van der Waals surface area contributed by atoms with Crippen molar-refractivity contribution in [2.75, 3.05) is 0 Å². The molecule has 0 aliphatic heterocycles. The fourth-order valence-corrected chi connectivity index (χ4v) is 7.26. The third kappa shape index (κ3) is 3.12. The summed E-state index contributed by atoms with van der Waals surface area (Å²) in [6.07, 6.45) is 5.73. The highest BCUT2D eigenvalue weighted by molar-refractivity contribution is 7.17. The maximum Gasteiger partial charge on any atom is 0.108 e. The molecule has 1 unspecified atom stereocenters. The molecule has 1 atom stereocenters. The molecule has 1 aliphatic rings. The van der Waals surface area contributed by atoms with Crippen LogP contribution in [0.15, 0.2) is 115 Å². The molecule has 3 heteroatoms. The van der Waals surface area contributed by atoms with Gasteiger partial charge in [0.05, 0.1) is 11.0 Å². The Morgan fingerprint density at radius 2 is 1.42 bits per heavy atom. The van der Waals surface area contributed by atoms with Crippen molar-refractivity contribution in [2.24, 2.45) is 0 Å². The van der Waals surface area contributed by atoms with Gasteiger partial charge in [-0.2, -0.15) is 0 Å². The molecule has 182 valence electrons. The van der Waals surface area contributed by atoms with Crippen molar-refractivity contribution in [3.8, 4) is 22.5 Å². The summed E-state index contributed by atoms with van der Waals surface area (Å²) in [7, 11) is 0. The maximum absolute atomic E-state index is 2.44. The minimum absolute atomic E-state index is 0.524. The number of hydrogen-bond acceptors (Lipinski definition) is 1. The van der Waals surface area contributed by atoms with E-state index >= 15 is 0 Å². The predicted molar refractivity (Wildman–Crippen MR) is 163 cm³/mol. The summed E-state index contributed by atoms with van der Waals surface area (Å²) in [5.74, 6) is 0.524. The van der Waals surface area contributed by atoms with Crippen LogP contribution in [0.25, 0.3) is 60.6 Å². The van der Waals surface area contributed by atoms with Crippen molar-refractivity contribution >= 4 is 49.4 Å². The molecule has 0 saturated carbocycles. The van der Waals surface area contributed by atoms with Gasteiger partial charge in [-0.25, -0.2) is 0 Å². The van der Waals surface area contributed by atoms with Crippen LogP contribution in [0.2, 0.25) is 0 Å². The first-order valence-electron chi connectivity index (χ1n) is 13.3. The van der Waals surface area contributed by atoms with Gasteiger partial charge in [0.25, 0.3) is 0 Å². The lowest BCUT2D eigenvalue weighted by atomic mass is 9.91. The van der Waals surface area contributed by atoms with Gasteiger partial charge in [0, 0.05) is 33.2 Å². The third-order valence-corrected chi connectivity index (χ3v) is 8.95. The third-order valence-electron chi connectivity index (χ3n) is 8.06. The smallest absolute Gasteiger partial charge is 0.108 e. The molecule has 0 bridgehead atoms. The second-order valence-electron chi connectivity index (χ2n) is 10.3. The summed E-state index contributed by atoms with van der Waals surface area (Å²) in [4.78, 5) is 1.30. The van der Waals surface area contributed by atoms with Crippen LogP contribution in [0, 0.1) is 0 Å². The highest BCUT2D eigenvalue weighted by Gasteiger charge is 2.22. The SMILES string of the molecule is CC1CC=Cc2c1c1ccccc1n2-c1cccc(-c2ccc(-n3c4ccccc4c4ccsc43)cc2)c1. The molecule has 7 aromatic rings. The topological polar surface area (TPSA) is 9.86 Å². The van der Waals surface area contributed by atoms with E-state index in [2.05, 4.69) is 137 Å². The van der Waals surface area contributed by atoms with Crippen molar-refractivity contribution < 1.29 is 0 Å². The number of allylic oxidation sites excluding steroid dienone is 1. The van der Waals surface area contributed by atoms with Crippen molar-refractivity contribution in [1.82, 2.24) is 9.13 Å². The summed E-state index contributed by atoms with van der Waals surface area (Å²) in [6.45, 7) is 2.34. The van der Waals surface area contributed by atoms with Crippen LogP contribution in [0.5, 0.6) is 0 Å². The van der Waals surface area contributed by atoms with E-state index in [1.54, 1.807) is 11.3 Å². The van der Waals surface area contributed by atoms with Crippen LogP contribution in [0.4, 0.5) is 0 Å². The number of aromatic nitrogens is 2. The highest BCUT2D eigenvalue weighted by Crippen LogP contribution is 2.40. The van der Waals surface area contributed by atoms with Crippen molar-refractivity contribution in [3.05, 3.63) is 126 Å². The number of fused-ring (bicyclic) bond motifs is 6. The summed E-state index contributed by atoms with van der Waals surface area (Å²) >= 11 is 1.80. The average molecular weight is 507 g/mol. The quantitative estimate of drug-likeness (QED) is 0.226. The first-order chi connectivity index (χ1) is 18.8. The molecule has 0 saturated heterocycles. The Balaban J connectivity index is 1.24. The normalized spacial score (nSPS) is 15.0. The van der Waals surface area contributed by atoms with E-state index < -0.39 is 0 Å². The number of hydrogen-bond donors (Lipinski definition) is 0. The Kier molecular flexibility index (Phi) is 4.77. The molecule has 4 aromatic carbocycles. The minimum Gasteiger partial charge on any atom is -0.310 e. The lowest BCUT2D eigenvalue weighted by Crippen LogP contribution is -2.03. The zero-order chi connectivity index (χ0) is 25.2. The van der Waals surface area contributed by atoms with Gasteiger partial charge in [-0.3, -0.25) is 0 Å². The maximum atomic E-state index is 2.44. The zero-order valence-electron chi connectivity index (χ0n) is 21.1. The number of rotatable bonds is 3. The van der Waals surface area contributed by atoms with Gasteiger partial charge in [-0.1, -0.05) is 73.7 Å². The lowest BCUT2D eigenvalue weighted by Gasteiger charge is -2.17. The predicted octanol–water partition coefficient (Wildman–Crippen LogP) is 9.98. The molecule has 0 spiro atoms. The molecule has 1 aliphatic carbocycles. The molecular formula is C35H26N2S. The Hall–Kier alpha value is -4.34. The minimum atomic E-state index is 0.524. The number of para-hydroxylation sites is 2. The zero-order valence-corrected chi connectivity index (χ0v) is 22.0. The lowest BCUT2D eigenvalue weighted by molar-refractivity contribution is 0.773. The summed E-state index contributed by atoms with van der Waals surface area (Å²) in [5.41, 5.74) is 10.2. The summed E-state index contributed by atoms with van der Waals surface area (Å²) < 4.78 is 4.83. The van der Waals surface area contributed by atoms with Crippen LogP contribution in [-0.4, -0.2) is 9.13 Å². The Labute approximate surface area is 225 Å². The van der Waals surface area contributed by atoms with Crippen LogP contribution in [0.3, 0.4) is 0 Å². The second kappa shape index (κ2) is 8.34. The average Bonchev–Trinajstić information content (AvgIpc) is 3.65. The fourth-order valence-electron chi connectivity index (χ4n) is 6.32. The molecule has 38 heavy (non-hydrogen) atoms. The second-order valence-corrected chi connectivity index (χ2v) is 11.2. The van der Waals surface area contributed by atoms with Gasteiger partial charge in [0.15, 0.2) is 0 Å². The van der Waals surface area contributed by atoms with Crippen LogP contribution in [0.1, 0.15) is 30.5 Å². The molecule has 8 rings (SSSR count). The summed E-state index contributed by atoms with van der Waals surface area (Å²) in [5, 5.41) is 6.19. The summed E-state index contributed by atoms with van der Waals surface area (Å²) in [6, 6.07) is 37.8. The van der Waals surface area contributed by atoms with Crippen LogP contribution in [-0.2, 0) is 0 Å². The van der Waals surface area contributed by atoms with Gasteiger partial charge in [-0.05, 0) is 82.9 Å². The monoisotopic (exact) mass is 506 g/mol. The molecule has 0 fully saturated rings. The first kappa shape index (κ1) is 21.7. The molecule has 0 amide bonds. The Bertz CT molecular complexity index is 2010. The van der Waals surface area contributed by atoms with E-state index in [9.17, 15) is 0 Å². The van der Waals surface area contributed by atoms with E-state index in [4.69, 9.17) is 0 Å². The first-order valence-corrected chi connectivity index (χ1v) is 14.1. The Morgan fingerprint density at radius 3 is 2.26 bits per heavy atom. The van der Waals surface area contributed by atoms with Gasteiger partial charge in [0.2, 0.25) is 0 Å². The van der Waals surface area contributed by atoms with Gasteiger partial charge < -0.3 is 9.13 Å². The number of nitrogens with zero attached hydrogens (tertiary/aromatic N) is 2. The Morgan fingerprint density at radius 1 is 0.658 bits per heavy atom. The van der Waals surface area contributed by atoms with Crippen molar-refractivity contribution in [2.45, 2.75) is 19.3 Å². The van der Waals surface area contributed by atoms with E-state index in [1.807, 2.05) is 0 Å². The molecule has 3 heterocycles. The largest absolute Gasteiger partial charge is 0.310 e. The number of benzene rings is 4. The van der Waals surface area contributed by atoms with E-state index in [0.29, 0.717) is 5.92 Å².